The van der Waals surface area contributed by atoms with Gasteiger partial charge in [-0.25, -0.2) is 13.7 Å². The number of nitrogens with two attached hydrogens (primary N) is 1. The number of nitrogens with one attached hydrogen (secondary N) is 2. The monoisotopic (exact) mass is 537 g/mol. The minimum Gasteiger partial charge on any atom is -0.443 e. The smallest absolute Gasteiger partial charge is 0.405 e. The summed E-state index contributed by atoms with van der Waals surface area (Å²) in [5.74, 6) is -0.544. The average molecular weight is 538 g/mol. The third-order valence-electron chi connectivity index (χ3n) is 7.00. The highest BCUT2D eigenvalue weighted by Crippen LogP contribution is 2.34. The van der Waals surface area contributed by atoms with Gasteiger partial charge in [-0.2, -0.15) is 10.4 Å². The Morgan fingerprint density at radius 2 is 2.05 bits per heavy atom. The second kappa shape index (κ2) is 10.9. The van der Waals surface area contributed by atoms with E-state index in [4.69, 9.17) is 15.7 Å². The highest BCUT2D eigenvalue weighted by atomic mass is 19.1. The van der Waals surface area contributed by atoms with Crippen LogP contribution in [-0.4, -0.2) is 61.7 Å². The zero-order chi connectivity index (χ0) is 28.4. The fraction of sp³-hybridized carbons (Fsp3) is 0.444. The van der Waals surface area contributed by atoms with Gasteiger partial charge >= 0.3 is 6.09 Å². The molecular weight excluding hydrogens is 505 g/mol. The van der Waals surface area contributed by atoms with E-state index in [0.717, 1.165) is 0 Å². The van der Waals surface area contributed by atoms with Gasteiger partial charge in [-0.3, -0.25) is 9.78 Å². The second-order valence-electron chi connectivity index (χ2n) is 10.6. The van der Waals surface area contributed by atoms with Crippen LogP contribution in [0, 0.1) is 11.3 Å². The molecule has 1 fully saturated rings. The van der Waals surface area contributed by atoms with Crippen molar-refractivity contribution in [2.45, 2.75) is 69.9 Å². The molecular formula is C27H32FN7O4. The Morgan fingerprint density at radius 3 is 2.69 bits per heavy atom. The van der Waals surface area contributed by atoms with Crippen molar-refractivity contribution in [1.82, 2.24) is 19.9 Å². The molecule has 0 aliphatic heterocycles. The molecule has 3 aromatic heterocycles. The quantitative estimate of drug-likeness (QED) is 0.339. The van der Waals surface area contributed by atoms with E-state index in [1.54, 1.807) is 16.6 Å². The Morgan fingerprint density at radius 1 is 1.33 bits per heavy atom. The van der Waals surface area contributed by atoms with Crippen LogP contribution in [0.3, 0.4) is 0 Å². The number of aliphatic hydroxyl groups is 1. The number of aromatic nitrogens is 3. The van der Waals surface area contributed by atoms with Crippen molar-refractivity contribution in [3.63, 3.8) is 0 Å². The molecule has 3 aromatic rings. The molecule has 0 aromatic carbocycles. The van der Waals surface area contributed by atoms with Gasteiger partial charge in [0.1, 0.15) is 17.8 Å². The number of carbonyl (C=O) groups is 2. The maximum absolute atomic E-state index is 14.3. The van der Waals surface area contributed by atoms with Crippen LogP contribution in [0.5, 0.6) is 0 Å². The van der Waals surface area contributed by atoms with Gasteiger partial charge in [0.25, 0.3) is 5.91 Å². The van der Waals surface area contributed by atoms with Crippen molar-refractivity contribution < 1.29 is 23.8 Å². The first kappa shape index (κ1) is 27.8. The number of hydrogen-bond acceptors (Lipinski definition) is 8. The number of alkyl halides is 1. The predicted molar refractivity (Wildman–Crippen MR) is 142 cm³/mol. The first-order valence-electron chi connectivity index (χ1n) is 12.7. The first-order chi connectivity index (χ1) is 18.4. The van der Waals surface area contributed by atoms with Crippen molar-refractivity contribution in [3.8, 4) is 17.5 Å². The van der Waals surface area contributed by atoms with Gasteiger partial charge in [0.15, 0.2) is 0 Å². The summed E-state index contributed by atoms with van der Waals surface area (Å²) < 4.78 is 21.3. The van der Waals surface area contributed by atoms with E-state index in [2.05, 4.69) is 26.8 Å². The zero-order valence-corrected chi connectivity index (χ0v) is 22.1. The molecule has 2 amide bonds. The van der Waals surface area contributed by atoms with Crippen LogP contribution in [0.2, 0.25) is 0 Å². The number of amides is 2. The highest BCUT2D eigenvalue weighted by molar-refractivity contribution is 6.00. The van der Waals surface area contributed by atoms with Crippen LogP contribution < -0.4 is 16.4 Å². The third-order valence-corrected chi connectivity index (χ3v) is 7.00. The lowest BCUT2D eigenvalue weighted by Gasteiger charge is -2.37. The Hall–Kier alpha value is -4.24. The molecule has 4 rings (SSSR count). The maximum atomic E-state index is 14.3. The number of primary amides is 1. The number of nitriles is 1. The molecule has 1 atom stereocenters. The maximum Gasteiger partial charge on any atom is 0.405 e. The molecule has 0 bridgehead atoms. The molecule has 0 radical (unpaired) electrons. The second-order valence-corrected chi connectivity index (χ2v) is 10.6. The molecule has 1 aliphatic rings. The van der Waals surface area contributed by atoms with Crippen molar-refractivity contribution in [1.29, 1.82) is 5.26 Å². The van der Waals surface area contributed by atoms with Crippen LogP contribution in [0.4, 0.5) is 14.9 Å². The lowest BCUT2D eigenvalue weighted by molar-refractivity contribution is -0.00190. The highest BCUT2D eigenvalue weighted by Gasteiger charge is 2.34. The van der Waals surface area contributed by atoms with Crippen LogP contribution in [-0.2, 0) is 4.74 Å². The van der Waals surface area contributed by atoms with Crippen molar-refractivity contribution in [2.75, 3.05) is 11.9 Å². The summed E-state index contributed by atoms with van der Waals surface area (Å²) in [5, 5.41) is 29.4. The van der Waals surface area contributed by atoms with E-state index in [0.29, 0.717) is 53.8 Å². The van der Waals surface area contributed by atoms with Crippen molar-refractivity contribution in [3.05, 3.63) is 47.8 Å². The third kappa shape index (κ3) is 6.43. The fourth-order valence-electron chi connectivity index (χ4n) is 4.61. The van der Waals surface area contributed by atoms with Gasteiger partial charge in [-0.15, -0.1) is 0 Å². The molecule has 11 nitrogen and oxygen atoms in total. The van der Waals surface area contributed by atoms with Gasteiger partial charge in [-0.1, -0.05) is 0 Å². The summed E-state index contributed by atoms with van der Waals surface area (Å²) >= 11 is 0. The number of pyridine rings is 1. The zero-order valence-electron chi connectivity index (χ0n) is 22.1. The Balaban J connectivity index is 1.62. The number of fused-ring (bicyclic) bond motifs is 1. The van der Waals surface area contributed by atoms with E-state index in [1.165, 1.54) is 26.2 Å². The molecule has 1 saturated carbocycles. The molecule has 3 heterocycles. The Kier molecular flexibility index (Phi) is 7.74. The van der Waals surface area contributed by atoms with Gasteiger partial charge in [0.05, 0.1) is 52.1 Å². The molecule has 1 unspecified atom stereocenters. The minimum atomic E-state index is -1.66. The molecule has 0 saturated heterocycles. The average Bonchev–Trinajstić information content (AvgIpc) is 3.30. The molecule has 1 aliphatic carbocycles. The number of hydrogen-bond donors (Lipinski definition) is 4. The van der Waals surface area contributed by atoms with E-state index in [9.17, 15) is 19.1 Å². The number of carbonyl (C=O) groups excluding carboxylic acids is 2. The van der Waals surface area contributed by atoms with Crippen LogP contribution in [0.1, 0.15) is 62.4 Å². The molecule has 0 spiro atoms. The summed E-state index contributed by atoms with van der Waals surface area (Å²) in [4.78, 5) is 28.8. The van der Waals surface area contributed by atoms with Gasteiger partial charge in [-0.05, 0) is 70.7 Å². The van der Waals surface area contributed by atoms with Crippen LogP contribution in [0.25, 0.3) is 16.9 Å². The number of halogens is 1. The summed E-state index contributed by atoms with van der Waals surface area (Å²) in [6.07, 6.45) is 2.86. The summed E-state index contributed by atoms with van der Waals surface area (Å²) in [6.45, 7) is 4.14. The fourth-order valence-corrected chi connectivity index (χ4v) is 4.61. The number of nitrogens with zero attached hydrogens (tertiary/aromatic N) is 4. The van der Waals surface area contributed by atoms with Crippen molar-refractivity contribution in [2.24, 2.45) is 5.73 Å². The summed E-state index contributed by atoms with van der Waals surface area (Å²) in [5.41, 5.74) is 5.99. The molecule has 206 valence electrons. The summed E-state index contributed by atoms with van der Waals surface area (Å²) in [6, 6.07) is 9.10. The first-order valence-corrected chi connectivity index (χ1v) is 12.7. The molecule has 12 heteroatoms. The number of anilines is 1. The summed E-state index contributed by atoms with van der Waals surface area (Å²) in [7, 11) is 0. The normalized spacial score (nSPS) is 20.2. The van der Waals surface area contributed by atoms with Crippen LogP contribution in [0.15, 0.2) is 36.7 Å². The Labute approximate surface area is 225 Å². The Bertz CT molecular complexity index is 1420. The van der Waals surface area contributed by atoms with E-state index in [-0.39, 0.29) is 18.2 Å². The lowest BCUT2D eigenvalue weighted by Crippen LogP contribution is -2.42. The standard InChI is InChI=1S/C27H32FN7O4/c1-26(2,38)23(28)15-32-24(36)19-14-31-21(22-5-4-18-10-16(12-29)13-33-35(18)22)11-20(19)34-17-6-8-27(3,9-7-17)39-25(30)37/h4-5,10-11,13-14,17,23,38H,6-9,15H2,1-3H3,(H2,30,37)(H,31,34)(H,32,36). The predicted octanol–water partition coefficient (Wildman–Crippen LogP) is 3.32. The number of rotatable bonds is 8. The lowest BCUT2D eigenvalue weighted by atomic mass is 9.83. The molecule has 39 heavy (non-hydrogen) atoms. The minimum absolute atomic E-state index is 0.0398. The van der Waals surface area contributed by atoms with Gasteiger partial charge < -0.3 is 26.2 Å². The van der Waals surface area contributed by atoms with Gasteiger partial charge in [0.2, 0.25) is 0 Å². The van der Waals surface area contributed by atoms with E-state index >= 15 is 0 Å². The van der Waals surface area contributed by atoms with E-state index in [1.807, 2.05) is 19.1 Å². The topological polar surface area (TPSA) is 168 Å². The molecule has 5 N–H and O–H groups in total. The SMILES string of the molecule is CC1(OC(N)=O)CCC(Nc2cc(-c3ccc4cc(C#N)cnn34)ncc2C(=O)NCC(F)C(C)(C)O)CC1. The van der Waals surface area contributed by atoms with Crippen LogP contribution >= 0.6 is 0 Å². The van der Waals surface area contributed by atoms with Gasteiger partial charge in [0, 0.05) is 12.2 Å². The number of ether oxygens (including phenoxy) is 1. The largest absolute Gasteiger partial charge is 0.443 e. The van der Waals surface area contributed by atoms with E-state index < -0.39 is 29.4 Å². The van der Waals surface area contributed by atoms with Crippen molar-refractivity contribution >= 4 is 23.2 Å².